The van der Waals surface area contributed by atoms with Gasteiger partial charge in [0.15, 0.2) is 11.5 Å². The Kier molecular flexibility index (Phi) is 3.19. The Morgan fingerprint density at radius 3 is 2.86 bits per heavy atom. The van der Waals surface area contributed by atoms with Crippen LogP contribution in [0, 0.1) is 17.0 Å². The number of aromatic nitrogens is 2. The van der Waals surface area contributed by atoms with Crippen molar-refractivity contribution in [3.8, 4) is 0 Å². The van der Waals surface area contributed by atoms with Crippen LogP contribution in [0.25, 0.3) is 11.1 Å². The Morgan fingerprint density at radius 1 is 1.29 bits per heavy atom. The first-order valence-corrected chi connectivity index (χ1v) is 6.36. The van der Waals surface area contributed by atoms with Crippen LogP contribution in [0.1, 0.15) is 5.89 Å². The van der Waals surface area contributed by atoms with Crippen LogP contribution >= 0.6 is 11.6 Å². The summed E-state index contributed by atoms with van der Waals surface area (Å²) in [5.74, 6) is 0.626. The fourth-order valence-electron chi connectivity index (χ4n) is 1.92. The van der Waals surface area contributed by atoms with Crippen LogP contribution in [-0.2, 0) is 0 Å². The molecular formula is C13H9ClN4O3. The highest BCUT2D eigenvalue weighted by Gasteiger charge is 2.16. The maximum atomic E-state index is 11.0. The number of fused-ring (bicyclic) bond motifs is 1. The van der Waals surface area contributed by atoms with Gasteiger partial charge in [0.1, 0.15) is 10.7 Å². The molecule has 0 unspecified atom stereocenters. The van der Waals surface area contributed by atoms with E-state index in [0.717, 1.165) is 0 Å². The third-order valence-electron chi connectivity index (χ3n) is 2.79. The largest absolute Gasteiger partial charge is 0.441 e. The van der Waals surface area contributed by atoms with E-state index in [4.69, 9.17) is 16.0 Å². The molecular weight excluding hydrogens is 296 g/mol. The van der Waals surface area contributed by atoms with E-state index in [1.807, 2.05) is 0 Å². The van der Waals surface area contributed by atoms with E-state index in [2.05, 4.69) is 15.3 Å². The number of benzene rings is 1. The molecule has 0 saturated carbocycles. The molecule has 21 heavy (non-hydrogen) atoms. The van der Waals surface area contributed by atoms with Crippen LogP contribution in [0.3, 0.4) is 0 Å². The first-order chi connectivity index (χ1) is 10.0. The van der Waals surface area contributed by atoms with Crippen molar-refractivity contribution in [2.45, 2.75) is 6.92 Å². The second-order valence-electron chi connectivity index (χ2n) is 4.30. The number of nitrogens with zero attached hydrogens (tertiary/aromatic N) is 3. The minimum atomic E-state index is -0.523. The van der Waals surface area contributed by atoms with Crippen molar-refractivity contribution in [3.63, 3.8) is 0 Å². The molecule has 0 spiro atoms. The molecule has 3 aromatic rings. The van der Waals surface area contributed by atoms with Crippen LogP contribution in [0.4, 0.5) is 17.2 Å². The van der Waals surface area contributed by atoms with Crippen molar-refractivity contribution in [2.24, 2.45) is 0 Å². The first kappa shape index (κ1) is 13.3. The summed E-state index contributed by atoms with van der Waals surface area (Å²) in [5, 5.41) is 14.0. The SMILES string of the molecule is Cc1nc2cc(Nc3nc(Cl)ccc3[N+](=O)[O-])ccc2o1. The molecule has 7 nitrogen and oxygen atoms in total. The Morgan fingerprint density at radius 2 is 2.10 bits per heavy atom. The second kappa shape index (κ2) is 5.02. The van der Waals surface area contributed by atoms with Crippen LogP contribution in [-0.4, -0.2) is 14.9 Å². The molecule has 1 aromatic carbocycles. The van der Waals surface area contributed by atoms with Crippen LogP contribution in [0.15, 0.2) is 34.7 Å². The van der Waals surface area contributed by atoms with E-state index in [9.17, 15) is 10.1 Å². The average molecular weight is 305 g/mol. The molecule has 2 heterocycles. The molecule has 0 aliphatic rings. The lowest BCUT2D eigenvalue weighted by molar-refractivity contribution is -0.384. The molecule has 1 N–H and O–H groups in total. The lowest BCUT2D eigenvalue weighted by Crippen LogP contribution is -1.99. The lowest BCUT2D eigenvalue weighted by Gasteiger charge is -2.06. The van der Waals surface area contributed by atoms with E-state index in [0.29, 0.717) is 22.7 Å². The number of nitro groups is 1. The molecule has 0 amide bonds. The van der Waals surface area contributed by atoms with Gasteiger partial charge in [0.25, 0.3) is 0 Å². The molecule has 0 radical (unpaired) electrons. The highest BCUT2D eigenvalue weighted by Crippen LogP contribution is 2.28. The van der Waals surface area contributed by atoms with Gasteiger partial charge in [-0.1, -0.05) is 11.6 Å². The van der Waals surface area contributed by atoms with Gasteiger partial charge >= 0.3 is 5.69 Å². The molecule has 0 aliphatic heterocycles. The molecule has 8 heteroatoms. The van der Waals surface area contributed by atoms with Crippen molar-refractivity contribution in [1.82, 2.24) is 9.97 Å². The normalized spacial score (nSPS) is 10.8. The van der Waals surface area contributed by atoms with E-state index in [-0.39, 0.29) is 16.7 Å². The van der Waals surface area contributed by atoms with Gasteiger partial charge in [-0.15, -0.1) is 0 Å². The summed E-state index contributed by atoms with van der Waals surface area (Å²) in [6.07, 6.45) is 0. The summed E-state index contributed by atoms with van der Waals surface area (Å²) in [4.78, 5) is 18.6. The van der Waals surface area contributed by atoms with Gasteiger partial charge in [-0.3, -0.25) is 10.1 Å². The molecule has 0 saturated heterocycles. The van der Waals surface area contributed by atoms with Crippen molar-refractivity contribution in [1.29, 1.82) is 0 Å². The van der Waals surface area contributed by atoms with Gasteiger partial charge in [0.2, 0.25) is 5.82 Å². The maximum Gasteiger partial charge on any atom is 0.311 e. The van der Waals surface area contributed by atoms with Gasteiger partial charge in [0, 0.05) is 18.7 Å². The number of hydrogen-bond donors (Lipinski definition) is 1. The maximum absolute atomic E-state index is 11.0. The molecule has 3 rings (SSSR count). The fourth-order valence-corrected chi connectivity index (χ4v) is 2.07. The average Bonchev–Trinajstić information content (AvgIpc) is 2.77. The summed E-state index contributed by atoms with van der Waals surface area (Å²) < 4.78 is 5.37. The molecule has 0 fully saturated rings. The fraction of sp³-hybridized carbons (Fsp3) is 0.0769. The number of nitrogens with one attached hydrogen (secondary N) is 1. The number of rotatable bonds is 3. The number of hydrogen-bond acceptors (Lipinski definition) is 6. The Balaban J connectivity index is 2.01. The zero-order valence-electron chi connectivity index (χ0n) is 10.8. The zero-order chi connectivity index (χ0) is 15.0. The minimum absolute atomic E-state index is 0.0760. The first-order valence-electron chi connectivity index (χ1n) is 5.98. The van der Waals surface area contributed by atoms with Crippen LogP contribution in [0.2, 0.25) is 5.15 Å². The zero-order valence-corrected chi connectivity index (χ0v) is 11.6. The predicted octanol–water partition coefficient (Wildman–Crippen LogP) is 3.84. The predicted molar refractivity (Wildman–Crippen MR) is 77.9 cm³/mol. The van der Waals surface area contributed by atoms with Crippen LogP contribution in [0.5, 0.6) is 0 Å². The van der Waals surface area contributed by atoms with Gasteiger partial charge in [-0.25, -0.2) is 9.97 Å². The minimum Gasteiger partial charge on any atom is -0.441 e. The monoisotopic (exact) mass is 304 g/mol. The Labute approximate surface area is 123 Å². The van der Waals surface area contributed by atoms with Gasteiger partial charge in [-0.2, -0.15) is 0 Å². The molecule has 0 atom stereocenters. The van der Waals surface area contributed by atoms with E-state index in [1.54, 1.807) is 25.1 Å². The number of pyridine rings is 1. The molecule has 0 aliphatic carbocycles. The highest BCUT2D eigenvalue weighted by atomic mass is 35.5. The summed E-state index contributed by atoms with van der Waals surface area (Å²) >= 11 is 5.79. The second-order valence-corrected chi connectivity index (χ2v) is 4.69. The van der Waals surface area contributed by atoms with Crippen molar-refractivity contribution in [2.75, 3.05) is 5.32 Å². The van der Waals surface area contributed by atoms with Gasteiger partial charge in [-0.05, 0) is 24.3 Å². The molecule has 0 bridgehead atoms. The smallest absolute Gasteiger partial charge is 0.311 e. The van der Waals surface area contributed by atoms with Crippen molar-refractivity contribution >= 4 is 39.9 Å². The van der Waals surface area contributed by atoms with E-state index >= 15 is 0 Å². The van der Waals surface area contributed by atoms with Crippen LogP contribution < -0.4 is 5.32 Å². The summed E-state index contributed by atoms with van der Waals surface area (Å²) in [5.41, 5.74) is 1.75. The van der Waals surface area contributed by atoms with Crippen molar-refractivity contribution in [3.05, 3.63) is 51.5 Å². The standard InChI is InChI=1S/C13H9ClN4O3/c1-7-15-9-6-8(2-4-11(9)21-7)16-13-10(18(19)20)3-5-12(14)17-13/h2-6H,1H3,(H,16,17). The number of anilines is 2. The number of oxazole rings is 1. The highest BCUT2D eigenvalue weighted by molar-refractivity contribution is 6.29. The Hall–Kier alpha value is -2.67. The van der Waals surface area contributed by atoms with Gasteiger partial charge < -0.3 is 9.73 Å². The summed E-state index contributed by atoms with van der Waals surface area (Å²) in [6.45, 7) is 1.75. The van der Waals surface area contributed by atoms with E-state index in [1.165, 1.54) is 12.1 Å². The topological polar surface area (TPSA) is 94.1 Å². The summed E-state index contributed by atoms with van der Waals surface area (Å²) in [7, 11) is 0. The lowest BCUT2D eigenvalue weighted by atomic mass is 10.3. The van der Waals surface area contributed by atoms with E-state index < -0.39 is 4.92 Å². The molecule has 106 valence electrons. The Bertz CT molecular complexity index is 847. The van der Waals surface area contributed by atoms with Crippen molar-refractivity contribution < 1.29 is 9.34 Å². The number of aryl methyl sites for hydroxylation is 1. The summed E-state index contributed by atoms with van der Waals surface area (Å²) in [6, 6.07) is 7.84. The number of halogens is 1. The third kappa shape index (κ3) is 2.63. The molecule has 2 aromatic heterocycles. The quantitative estimate of drug-likeness (QED) is 0.449. The third-order valence-corrected chi connectivity index (χ3v) is 3.00. The van der Waals surface area contributed by atoms with Gasteiger partial charge in [0.05, 0.1) is 4.92 Å².